The van der Waals surface area contributed by atoms with Gasteiger partial charge in [0.25, 0.3) is 5.92 Å². The van der Waals surface area contributed by atoms with Gasteiger partial charge < -0.3 is 25.0 Å². The summed E-state index contributed by atoms with van der Waals surface area (Å²) in [6.45, 7) is 5.09. The Kier molecular flexibility index (Phi) is 8.28. The van der Waals surface area contributed by atoms with Crippen molar-refractivity contribution in [1.29, 1.82) is 0 Å². The molecule has 3 rings (SSSR count). The van der Waals surface area contributed by atoms with E-state index in [0.29, 0.717) is 32.3 Å². The molecule has 3 aliphatic rings. The molecule has 3 saturated heterocycles. The molecule has 2 N–H and O–H groups in total. The minimum Gasteiger partial charge on any atom is -0.379 e. The summed E-state index contributed by atoms with van der Waals surface area (Å²) in [4.78, 5) is 52.4. The van der Waals surface area contributed by atoms with Gasteiger partial charge in [-0.2, -0.15) is 0 Å². The molecule has 3 fully saturated rings. The van der Waals surface area contributed by atoms with Gasteiger partial charge in [-0.25, -0.2) is 8.78 Å². The number of alkyl halides is 2. The Labute approximate surface area is 198 Å². The summed E-state index contributed by atoms with van der Waals surface area (Å²) in [7, 11) is 0. The number of nitrogens with zero attached hydrogens (tertiary/aromatic N) is 1. The largest absolute Gasteiger partial charge is 0.379 e. The quantitative estimate of drug-likeness (QED) is 0.544. The smallest absolute Gasteiger partial charge is 0.267 e. The number of Topliss-reactive ketones (excluding diaryl/α,β-unsaturated/α-hetero) is 1. The Morgan fingerprint density at radius 2 is 1.94 bits per heavy atom. The molecule has 192 valence electrons. The zero-order valence-electron chi connectivity index (χ0n) is 20.0. The average Bonchev–Trinajstić information content (AvgIpc) is 3.41. The normalized spacial score (nSPS) is 30.9. The molecule has 0 spiro atoms. The Hall–Kier alpha value is -2.14. The van der Waals surface area contributed by atoms with Crippen molar-refractivity contribution in [2.75, 3.05) is 26.4 Å². The molecule has 0 aromatic carbocycles. The first-order valence-electron chi connectivity index (χ1n) is 12.0. The number of fused-ring (bicyclic) bond motifs is 1. The predicted octanol–water partition coefficient (Wildman–Crippen LogP) is 1.19. The second-order valence-electron chi connectivity index (χ2n) is 10.1. The molecule has 4 atom stereocenters. The number of ketones is 1. The summed E-state index contributed by atoms with van der Waals surface area (Å²) >= 11 is 0. The summed E-state index contributed by atoms with van der Waals surface area (Å²) in [6, 6.07) is -3.39. The molecule has 3 heterocycles. The van der Waals surface area contributed by atoms with Crippen molar-refractivity contribution in [1.82, 2.24) is 15.5 Å². The fourth-order valence-corrected chi connectivity index (χ4v) is 4.36. The van der Waals surface area contributed by atoms with Crippen LogP contribution in [0.1, 0.15) is 59.3 Å². The fraction of sp³-hybridized carbons (Fsp3) is 0.826. The third-order valence-electron chi connectivity index (χ3n) is 6.43. The second kappa shape index (κ2) is 10.6. The summed E-state index contributed by atoms with van der Waals surface area (Å²) in [5, 5.41) is 5.19. The van der Waals surface area contributed by atoms with Crippen molar-refractivity contribution >= 4 is 23.5 Å². The topological polar surface area (TPSA) is 117 Å². The fourth-order valence-electron chi connectivity index (χ4n) is 4.36. The van der Waals surface area contributed by atoms with Gasteiger partial charge in [0, 0.05) is 19.4 Å². The van der Waals surface area contributed by atoms with Gasteiger partial charge in [0.1, 0.15) is 17.7 Å². The molecule has 1 unspecified atom stereocenters. The van der Waals surface area contributed by atoms with Crippen molar-refractivity contribution < 1.29 is 37.4 Å². The molecule has 0 aromatic heterocycles. The maximum Gasteiger partial charge on any atom is 0.267 e. The molecule has 11 heteroatoms. The average molecular weight is 488 g/mol. The van der Waals surface area contributed by atoms with Crippen LogP contribution in [0.25, 0.3) is 0 Å². The van der Waals surface area contributed by atoms with E-state index in [0.717, 1.165) is 4.90 Å². The van der Waals surface area contributed by atoms with Gasteiger partial charge in [0.15, 0.2) is 5.78 Å². The van der Waals surface area contributed by atoms with E-state index in [2.05, 4.69) is 10.6 Å². The minimum absolute atomic E-state index is 0.0730. The Bertz CT molecular complexity index is 802. The number of carbonyl (C=O) groups is 4. The lowest BCUT2D eigenvalue weighted by molar-refractivity contribution is -0.140. The lowest BCUT2D eigenvalue weighted by atomic mass is 9.93. The van der Waals surface area contributed by atoms with Gasteiger partial charge >= 0.3 is 0 Å². The maximum absolute atomic E-state index is 14.1. The number of ether oxygens (including phenoxy) is 2. The van der Waals surface area contributed by atoms with Crippen LogP contribution in [0.4, 0.5) is 8.78 Å². The molecule has 34 heavy (non-hydrogen) atoms. The van der Waals surface area contributed by atoms with Crippen molar-refractivity contribution in [3.8, 4) is 0 Å². The lowest BCUT2D eigenvalue weighted by Gasteiger charge is -2.27. The van der Waals surface area contributed by atoms with Crippen LogP contribution < -0.4 is 10.6 Å². The molecular formula is C23H35F2N3O6. The van der Waals surface area contributed by atoms with Crippen molar-refractivity contribution in [3.05, 3.63) is 0 Å². The van der Waals surface area contributed by atoms with Crippen molar-refractivity contribution in [2.45, 2.75) is 88.9 Å². The van der Waals surface area contributed by atoms with E-state index in [-0.39, 0.29) is 31.3 Å². The SMILES string of the molecule is CC(C)CC(NC(=O)[C@@H]1COCCCCCC(=O)N2CC(F)(F)C[C@H]2C(=O)N1)C(=O)[C@@]1(C)CO1. The predicted molar refractivity (Wildman–Crippen MR) is 117 cm³/mol. The molecule has 3 aliphatic heterocycles. The number of amides is 3. The second-order valence-corrected chi connectivity index (χ2v) is 10.1. The lowest BCUT2D eigenvalue weighted by Crippen LogP contribution is -2.57. The molecule has 0 bridgehead atoms. The molecule has 0 aliphatic carbocycles. The van der Waals surface area contributed by atoms with Crippen molar-refractivity contribution in [2.24, 2.45) is 5.92 Å². The van der Waals surface area contributed by atoms with Crippen molar-refractivity contribution in [3.63, 3.8) is 0 Å². The van der Waals surface area contributed by atoms with E-state index in [9.17, 15) is 28.0 Å². The number of rotatable bonds is 6. The Morgan fingerprint density at radius 3 is 2.59 bits per heavy atom. The maximum atomic E-state index is 14.1. The summed E-state index contributed by atoms with van der Waals surface area (Å²) < 4.78 is 39.1. The number of nitrogens with one attached hydrogen (secondary N) is 2. The number of halogens is 2. The van der Waals surface area contributed by atoms with E-state index in [1.165, 1.54) is 0 Å². The van der Waals surface area contributed by atoms with Gasteiger partial charge in [0.05, 0.1) is 25.8 Å². The highest BCUT2D eigenvalue weighted by Crippen LogP contribution is 2.33. The van der Waals surface area contributed by atoms with Gasteiger partial charge in [0.2, 0.25) is 17.7 Å². The van der Waals surface area contributed by atoms with Crippen LogP contribution >= 0.6 is 0 Å². The van der Waals surface area contributed by atoms with Crippen LogP contribution in [-0.2, 0) is 28.7 Å². The third kappa shape index (κ3) is 6.71. The highest BCUT2D eigenvalue weighted by atomic mass is 19.3. The van der Waals surface area contributed by atoms with Gasteiger partial charge in [-0.3, -0.25) is 19.2 Å². The number of epoxide rings is 1. The third-order valence-corrected chi connectivity index (χ3v) is 6.43. The van der Waals surface area contributed by atoms with E-state index in [4.69, 9.17) is 9.47 Å². The van der Waals surface area contributed by atoms with E-state index in [1.807, 2.05) is 13.8 Å². The van der Waals surface area contributed by atoms with E-state index in [1.54, 1.807) is 6.92 Å². The van der Waals surface area contributed by atoms with Gasteiger partial charge in [-0.05, 0) is 32.1 Å². The zero-order chi connectivity index (χ0) is 25.1. The van der Waals surface area contributed by atoms with E-state index >= 15 is 0 Å². The molecular weight excluding hydrogens is 452 g/mol. The minimum atomic E-state index is -3.18. The summed E-state index contributed by atoms with van der Waals surface area (Å²) in [5.41, 5.74) is -0.937. The summed E-state index contributed by atoms with van der Waals surface area (Å²) in [5.74, 6) is -5.32. The first-order valence-corrected chi connectivity index (χ1v) is 12.0. The monoisotopic (exact) mass is 487 g/mol. The number of carbonyl (C=O) groups excluding carboxylic acids is 4. The molecule has 3 amide bonds. The molecule has 0 saturated carbocycles. The van der Waals surface area contributed by atoms with Crippen LogP contribution in [0.2, 0.25) is 0 Å². The Morgan fingerprint density at radius 1 is 1.24 bits per heavy atom. The Balaban J connectivity index is 1.76. The van der Waals surface area contributed by atoms with Crippen LogP contribution in [0.15, 0.2) is 0 Å². The molecule has 0 radical (unpaired) electrons. The van der Waals surface area contributed by atoms with Crippen LogP contribution in [0, 0.1) is 5.92 Å². The summed E-state index contributed by atoms with van der Waals surface area (Å²) in [6.07, 6.45) is 1.43. The first kappa shape index (κ1) is 26.5. The number of hydrogen-bond acceptors (Lipinski definition) is 6. The highest BCUT2D eigenvalue weighted by Gasteiger charge is 2.51. The van der Waals surface area contributed by atoms with Gasteiger partial charge in [-0.1, -0.05) is 20.3 Å². The zero-order valence-corrected chi connectivity index (χ0v) is 20.0. The molecule has 9 nitrogen and oxygen atoms in total. The van der Waals surface area contributed by atoms with Gasteiger partial charge in [-0.15, -0.1) is 0 Å². The highest BCUT2D eigenvalue weighted by molar-refractivity contribution is 5.98. The van der Waals surface area contributed by atoms with Crippen LogP contribution in [0.3, 0.4) is 0 Å². The first-order chi connectivity index (χ1) is 15.9. The number of hydrogen-bond donors (Lipinski definition) is 2. The molecule has 0 aromatic rings. The van der Waals surface area contributed by atoms with E-state index < -0.39 is 60.3 Å². The van der Waals surface area contributed by atoms with Crippen LogP contribution in [0.5, 0.6) is 0 Å². The van der Waals surface area contributed by atoms with Crippen LogP contribution in [-0.4, -0.2) is 84.4 Å². The standard InChI is InChI=1S/C23H35F2N3O6/c1-14(2)9-15(19(30)22(3)13-34-22)26-20(31)16-11-33-8-6-4-5-7-18(29)28-12-23(24,25)10-17(28)21(32)27-16/h14-17H,4-13H2,1-3H3,(H,26,31)(H,27,32)/t15?,16-,17-,22+/m0/s1.